The number of esters is 3. The molecule has 1 atom stereocenters. The molecule has 0 spiro atoms. The molecule has 1 unspecified atom stereocenters. The molecule has 0 N–H and O–H groups in total. The first-order valence-electron chi connectivity index (χ1n) is 24.5. The minimum Gasteiger partial charge on any atom is -0.462 e. The SMILES string of the molecule is CC/C=C\C/C=C\CCCCCCCCCC(=O)OC(COC(=O)CCC/C=C\CCCCCC)COC(=O)CCCCCCC\C=C/C=C\C=C/CCCCCCC. The molecule has 6 heteroatoms. The fourth-order valence-electron chi connectivity index (χ4n) is 6.54. The second kappa shape index (κ2) is 47.5. The van der Waals surface area contributed by atoms with Gasteiger partial charge in [0.25, 0.3) is 0 Å². The molecule has 0 aromatic heterocycles. The Bertz CT molecular complexity index is 1130. The Kier molecular flexibility index (Phi) is 45.0. The Morgan fingerprint density at radius 1 is 0.373 bits per heavy atom. The minimum atomic E-state index is -0.797. The smallest absolute Gasteiger partial charge is 0.306 e. The summed E-state index contributed by atoms with van der Waals surface area (Å²) in [7, 11) is 0. The Labute approximate surface area is 363 Å². The van der Waals surface area contributed by atoms with Crippen LogP contribution in [0.3, 0.4) is 0 Å². The van der Waals surface area contributed by atoms with Crippen molar-refractivity contribution in [2.45, 2.75) is 232 Å². The van der Waals surface area contributed by atoms with Gasteiger partial charge < -0.3 is 14.2 Å². The number of hydrogen-bond acceptors (Lipinski definition) is 6. The van der Waals surface area contributed by atoms with Gasteiger partial charge in [-0.3, -0.25) is 14.4 Å². The highest BCUT2D eigenvalue weighted by atomic mass is 16.6. The molecule has 6 nitrogen and oxygen atoms in total. The second-order valence-corrected chi connectivity index (χ2v) is 16.0. The quantitative estimate of drug-likeness (QED) is 0.0200. The van der Waals surface area contributed by atoms with Crippen LogP contribution >= 0.6 is 0 Å². The van der Waals surface area contributed by atoms with Gasteiger partial charge in [-0.05, 0) is 89.9 Å². The van der Waals surface area contributed by atoms with E-state index in [0.717, 1.165) is 96.3 Å². The van der Waals surface area contributed by atoms with Gasteiger partial charge in [-0.2, -0.15) is 0 Å². The van der Waals surface area contributed by atoms with Gasteiger partial charge in [0, 0.05) is 19.3 Å². The first-order chi connectivity index (χ1) is 29.0. The van der Waals surface area contributed by atoms with Crippen LogP contribution in [0, 0.1) is 0 Å². The van der Waals surface area contributed by atoms with Crippen molar-refractivity contribution in [1.29, 1.82) is 0 Å². The van der Waals surface area contributed by atoms with Gasteiger partial charge in [0.1, 0.15) is 13.2 Å². The molecule has 0 amide bonds. The lowest BCUT2D eigenvalue weighted by molar-refractivity contribution is -0.167. The van der Waals surface area contributed by atoms with Gasteiger partial charge in [-0.25, -0.2) is 0 Å². The predicted molar refractivity (Wildman–Crippen MR) is 251 cm³/mol. The van der Waals surface area contributed by atoms with Gasteiger partial charge in [0.15, 0.2) is 6.10 Å². The van der Waals surface area contributed by atoms with Gasteiger partial charge in [0.2, 0.25) is 0 Å². The summed E-state index contributed by atoms with van der Waals surface area (Å²) in [5, 5.41) is 0. The number of ether oxygens (including phenoxy) is 3. The van der Waals surface area contributed by atoms with Gasteiger partial charge in [0.05, 0.1) is 0 Å². The molecule has 0 aromatic rings. The van der Waals surface area contributed by atoms with E-state index in [0.29, 0.717) is 25.7 Å². The van der Waals surface area contributed by atoms with Crippen LogP contribution < -0.4 is 0 Å². The van der Waals surface area contributed by atoms with E-state index in [1.165, 1.54) is 83.5 Å². The fraction of sp³-hybridized carbons (Fsp3) is 0.717. The Hall–Kier alpha value is -3.15. The van der Waals surface area contributed by atoms with E-state index in [-0.39, 0.29) is 31.1 Å². The first-order valence-corrected chi connectivity index (χ1v) is 24.5. The molecule has 0 aliphatic heterocycles. The van der Waals surface area contributed by atoms with Gasteiger partial charge in [-0.15, -0.1) is 0 Å². The van der Waals surface area contributed by atoms with Gasteiger partial charge in [-0.1, -0.05) is 190 Å². The van der Waals surface area contributed by atoms with Crippen LogP contribution in [0.1, 0.15) is 226 Å². The fourth-order valence-corrected chi connectivity index (χ4v) is 6.54. The van der Waals surface area contributed by atoms with Crippen LogP contribution in [0.5, 0.6) is 0 Å². The van der Waals surface area contributed by atoms with Crippen LogP contribution in [0.4, 0.5) is 0 Å². The number of carbonyl (C=O) groups is 3. The molecule has 338 valence electrons. The van der Waals surface area contributed by atoms with Crippen molar-refractivity contribution >= 4 is 17.9 Å². The van der Waals surface area contributed by atoms with Crippen molar-refractivity contribution in [1.82, 2.24) is 0 Å². The summed E-state index contributed by atoms with van der Waals surface area (Å²) >= 11 is 0. The molecule has 0 radical (unpaired) electrons. The van der Waals surface area contributed by atoms with Crippen molar-refractivity contribution < 1.29 is 28.6 Å². The van der Waals surface area contributed by atoms with E-state index in [9.17, 15) is 14.4 Å². The molecule has 0 saturated carbocycles. The van der Waals surface area contributed by atoms with Crippen LogP contribution in [0.2, 0.25) is 0 Å². The molecule has 0 aliphatic rings. The van der Waals surface area contributed by atoms with E-state index in [1.807, 2.05) is 0 Å². The average Bonchev–Trinajstić information content (AvgIpc) is 3.23. The molecule has 59 heavy (non-hydrogen) atoms. The maximum absolute atomic E-state index is 12.7. The average molecular weight is 823 g/mol. The maximum atomic E-state index is 12.7. The molecule has 0 saturated heterocycles. The monoisotopic (exact) mass is 823 g/mol. The summed E-state index contributed by atoms with van der Waals surface area (Å²) < 4.78 is 16.7. The second-order valence-electron chi connectivity index (χ2n) is 16.0. The number of hydrogen-bond donors (Lipinski definition) is 0. The summed E-state index contributed by atoms with van der Waals surface area (Å²) in [5.41, 5.74) is 0. The molecular formula is C53H90O6. The lowest BCUT2D eigenvalue weighted by Crippen LogP contribution is -2.30. The zero-order valence-corrected chi connectivity index (χ0v) is 38.5. The summed E-state index contributed by atoms with van der Waals surface area (Å²) in [6, 6.07) is 0. The third kappa shape index (κ3) is 45.8. The summed E-state index contributed by atoms with van der Waals surface area (Å²) in [5.74, 6) is -0.964. The zero-order chi connectivity index (χ0) is 43.0. The van der Waals surface area contributed by atoms with Crippen molar-refractivity contribution in [3.63, 3.8) is 0 Å². The van der Waals surface area contributed by atoms with Crippen LogP contribution in [0.15, 0.2) is 72.9 Å². The minimum absolute atomic E-state index is 0.0983. The topological polar surface area (TPSA) is 78.9 Å². The molecular weight excluding hydrogens is 733 g/mol. The molecule has 0 aliphatic carbocycles. The number of rotatable bonds is 43. The van der Waals surface area contributed by atoms with Crippen molar-refractivity contribution in [2.75, 3.05) is 13.2 Å². The summed E-state index contributed by atoms with van der Waals surface area (Å²) in [6.45, 7) is 6.42. The van der Waals surface area contributed by atoms with Crippen molar-refractivity contribution in [3.8, 4) is 0 Å². The van der Waals surface area contributed by atoms with E-state index in [1.54, 1.807) is 0 Å². The van der Waals surface area contributed by atoms with Crippen LogP contribution in [-0.2, 0) is 28.6 Å². The lowest BCUT2D eigenvalue weighted by atomic mass is 10.1. The highest BCUT2D eigenvalue weighted by Crippen LogP contribution is 2.13. The molecule has 0 aromatic carbocycles. The Balaban J connectivity index is 4.41. The third-order valence-electron chi connectivity index (χ3n) is 10.2. The highest BCUT2D eigenvalue weighted by molar-refractivity contribution is 5.71. The van der Waals surface area contributed by atoms with E-state index in [4.69, 9.17) is 14.2 Å². The Morgan fingerprint density at radius 3 is 1.25 bits per heavy atom. The number of allylic oxidation sites excluding steroid dienone is 12. The molecule has 0 rings (SSSR count). The van der Waals surface area contributed by atoms with E-state index in [2.05, 4.69) is 93.7 Å². The first kappa shape index (κ1) is 55.9. The zero-order valence-electron chi connectivity index (χ0n) is 38.5. The highest BCUT2D eigenvalue weighted by Gasteiger charge is 2.19. The van der Waals surface area contributed by atoms with Crippen molar-refractivity contribution in [3.05, 3.63) is 72.9 Å². The molecule has 0 heterocycles. The predicted octanol–water partition coefficient (Wildman–Crippen LogP) is 15.9. The molecule has 0 fully saturated rings. The van der Waals surface area contributed by atoms with Crippen molar-refractivity contribution in [2.24, 2.45) is 0 Å². The summed E-state index contributed by atoms with van der Waals surface area (Å²) in [6.07, 6.45) is 58.9. The maximum Gasteiger partial charge on any atom is 0.306 e. The number of unbranched alkanes of at least 4 members (excludes halogenated alkanes) is 22. The largest absolute Gasteiger partial charge is 0.462 e. The summed E-state index contributed by atoms with van der Waals surface area (Å²) in [4.78, 5) is 37.8. The number of carbonyl (C=O) groups excluding carboxylic acids is 3. The molecule has 0 bridgehead atoms. The third-order valence-corrected chi connectivity index (χ3v) is 10.2. The van der Waals surface area contributed by atoms with E-state index >= 15 is 0 Å². The van der Waals surface area contributed by atoms with Gasteiger partial charge >= 0.3 is 17.9 Å². The van der Waals surface area contributed by atoms with Crippen LogP contribution in [-0.4, -0.2) is 37.2 Å². The normalized spacial score (nSPS) is 12.7. The standard InChI is InChI=1S/C53H90O6/c1-4-7-10-13-16-19-21-23-25-26-27-28-30-31-34-37-40-43-46-52(55)58-49-50(48-57-51(54)45-42-39-36-33-18-15-12-9-6-3)59-53(56)47-44-41-38-35-32-29-24-22-20-17-14-11-8-5-2/h8,11,17,20-21,23,25-28,33,36,50H,4-7,9-10,12-16,18-19,22,24,29-32,34-35,37-49H2,1-3H3/b11-8-,20-17-,23-21-,26-25-,28-27-,36-33-. The van der Waals surface area contributed by atoms with E-state index < -0.39 is 6.10 Å². The van der Waals surface area contributed by atoms with Crippen LogP contribution in [0.25, 0.3) is 0 Å². The Morgan fingerprint density at radius 2 is 0.746 bits per heavy atom. The lowest BCUT2D eigenvalue weighted by Gasteiger charge is -2.18.